The zero-order chi connectivity index (χ0) is 12.1. The van der Waals surface area contributed by atoms with Crippen LogP contribution in [0.3, 0.4) is 0 Å². The lowest BCUT2D eigenvalue weighted by Gasteiger charge is -2.11. The third kappa shape index (κ3) is 3.03. The molecule has 0 heterocycles. The van der Waals surface area contributed by atoms with Crippen LogP contribution in [0.5, 0.6) is 0 Å². The zero-order valence-electron chi connectivity index (χ0n) is 9.27. The van der Waals surface area contributed by atoms with E-state index in [0.717, 1.165) is 0 Å². The summed E-state index contributed by atoms with van der Waals surface area (Å²) in [6, 6.07) is 4.90. The van der Waals surface area contributed by atoms with E-state index >= 15 is 0 Å². The molecule has 0 amide bonds. The van der Waals surface area contributed by atoms with Crippen molar-refractivity contribution in [3.63, 3.8) is 0 Å². The van der Waals surface area contributed by atoms with Gasteiger partial charge in [0, 0.05) is 11.8 Å². The minimum Gasteiger partial charge on any atom is -0.393 e. The normalized spacial score (nSPS) is 12.1. The average Bonchev–Trinajstić information content (AvgIpc) is 2.25. The molecule has 0 spiro atoms. The lowest BCUT2D eigenvalue weighted by atomic mass is 10.2. The Morgan fingerprint density at radius 3 is 2.88 bits per heavy atom. The monoisotopic (exact) mass is 241 g/mol. The van der Waals surface area contributed by atoms with E-state index in [1.807, 2.05) is 6.26 Å². The standard InChI is InChI=1S/C10H15N3O2S/c1-7(16-2)6-12-9-5-3-4-8(11)10(9)13(14)15/h3-5,7,12H,6,11H2,1-2H3. The Balaban J connectivity index is 2.87. The van der Waals surface area contributed by atoms with Gasteiger partial charge in [-0.15, -0.1) is 0 Å². The van der Waals surface area contributed by atoms with Crippen LogP contribution in [0.1, 0.15) is 6.92 Å². The van der Waals surface area contributed by atoms with Crippen LogP contribution >= 0.6 is 11.8 Å². The van der Waals surface area contributed by atoms with E-state index in [4.69, 9.17) is 5.73 Å². The number of para-hydroxylation sites is 1. The number of nitrogens with one attached hydrogen (secondary N) is 1. The third-order valence-corrected chi connectivity index (χ3v) is 3.20. The molecule has 0 aliphatic carbocycles. The Morgan fingerprint density at radius 1 is 1.62 bits per heavy atom. The van der Waals surface area contributed by atoms with E-state index in [-0.39, 0.29) is 11.4 Å². The smallest absolute Gasteiger partial charge is 0.314 e. The van der Waals surface area contributed by atoms with Crippen molar-refractivity contribution in [2.24, 2.45) is 0 Å². The van der Waals surface area contributed by atoms with Gasteiger partial charge in [-0.2, -0.15) is 11.8 Å². The largest absolute Gasteiger partial charge is 0.393 e. The number of nitrogens with two attached hydrogens (primary N) is 1. The molecule has 88 valence electrons. The maximum Gasteiger partial charge on any atom is 0.314 e. The summed E-state index contributed by atoms with van der Waals surface area (Å²) in [5.41, 5.74) is 6.19. The average molecular weight is 241 g/mol. The fourth-order valence-electron chi connectivity index (χ4n) is 1.24. The fourth-order valence-corrected chi connectivity index (χ4v) is 1.49. The molecule has 1 atom stereocenters. The molecule has 5 nitrogen and oxygen atoms in total. The van der Waals surface area contributed by atoms with E-state index in [1.165, 1.54) is 6.07 Å². The van der Waals surface area contributed by atoms with E-state index in [0.29, 0.717) is 17.5 Å². The van der Waals surface area contributed by atoms with Gasteiger partial charge in [0.15, 0.2) is 0 Å². The topological polar surface area (TPSA) is 81.2 Å². The Bertz CT molecular complexity index is 384. The summed E-state index contributed by atoms with van der Waals surface area (Å²) >= 11 is 1.70. The number of nitrogen functional groups attached to an aromatic ring is 1. The Labute approximate surface area is 98.6 Å². The van der Waals surface area contributed by atoms with Crippen LogP contribution in [0, 0.1) is 10.1 Å². The first kappa shape index (κ1) is 12.6. The number of thioether (sulfide) groups is 1. The Morgan fingerprint density at radius 2 is 2.31 bits per heavy atom. The van der Waals surface area contributed by atoms with Crippen LogP contribution in [0.15, 0.2) is 18.2 Å². The van der Waals surface area contributed by atoms with Gasteiger partial charge in [-0.05, 0) is 18.4 Å². The van der Waals surface area contributed by atoms with Crippen LogP contribution < -0.4 is 11.1 Å². The predicted molar refractivity (Wildman–Crippen MR) is 69.0 cm³/mol. The molecule has 1 unspecified atom stereocenters. The van der Waals surface area contributed by atoms with Gasteiger partial charge in [-0.1, -0.05) is 13.0 Å². The van der Waals surface area contributed by atoms with Crippen molar-refractivity contribution < 1.29 is 4.92 Å². The highest BCUT2D eigenvalue weighted by atomic mass is 32.2. The van der Waals surface area contributed by atoms with Crippen LogP contribution in [0.2, 0.25) is 0 Å². The summed E-state index contributed by atoms with van der Waals surface area (Å²) in [5.74, 6) is 0. The number of nitro benzene ring substituents is 1. The quantitative estimate of drug-likeness (QED) is 0.470. The van der Waals surface area contributed by atoms with Crippen molar-refractivity contribution in [1.29, 1.82) is 0 Å². The molecule has 0 saturated heterocycles. The minimum atomic E-state index is -0.457. The molecule has 0 aliphatic heterocycles. The highest BCUT2D eigenvalue weighted by molar-refractivity contribution is 7.99. The molecule has 3 N–H and O–H groups in total. The molecule has 0 bridgehead atoms. The maximum atomic E-state index is 10.8. The molecular formula is C10H15N3O2S. The molecule has 16 heavy (non-hydrogen) atoms. The van der Waals surface area contributed by atoms with Crippen LogP contribution in [-0.2, 0) is 0 Å². The van der Waals surface area contributed by atoms with Gasteiger partial charge in [0.25, 0.3) is 0 Å². The van der Waals surface area contributed by atoms with Crippen molar-refractivity contribution in [2.75, 3.05) is 23.9 Å². The second-order valence-electron chi connectivity index (χ2n) is 3.43. The first-order valence-corrected chi connectivity index (χ1v) is 6.14. The van der Waals surface area contributed by atoms with Crippen molar-refractivity contribution in [1.82, 2.24) is 0 Å². The first-order valence-electron chi connectivity index (χ1n) is 4.85. The number of nitro groups is 1. The highest BCUT2D eigenvalue weighted by Gasteiger charge is 2.17. The molecule has 6 heteroatoms. The first-order chi connectivity index (χ1) is 7.56. The van der Waals surface area contributed by atoms with Crippen LogP contribution in [-0.4, -0.2) is 23.0 Å². The molecule has 1 aromatic rings. The van der Waals surface area contributed by atoms with E-state index in [9.17, 15) is 10.1 Å². The number of anilines is 2. The number of nitrogens with zero attached hydrogens (tertiary/aromatic N) is 1. The van der Waals surface area contributed by atoms with E-state index in [2.05, 4.69) is 12.2 Å². The van der Waals surface area contributed by atoms with Gasteiger partial charge in [-0.25, -0.2) is 0 Å². The van der Waals surface area contributed by atoms with Gasteiger partial charge < -0.3 is 11.1 Å². The molecule has 0 radical (unpaired) electrons. The summed E-state index contributed by atoms with van der Waals surface area (Å²) in [5, 5.41) is 14.3. The summed E-state index contributed by atoms with van der Waals surface area (Å²) in [7, 11) is 0. The highest BCUT2D eigenvalue weighted by Crippen LogP contribution is 2.30. The zero-order valence-corrected chi connectivity index (χ0v) is 10.1. The Kier molecular flexibility index (Phi) is 4.42. The summed E-state index contributed by atoms with van der Waals surface area (Å²) in [4.78, 5) is 10.4. The minimum absolute atomic E-state index is 0.0456. The van der Waals surface area contributed by atoms with Crippen molar-refractivity contribution in [2.45, 2.75) is 12.2 Å². The molecule has 0 saturated carbocycles. The molecule has 0 aliphatic rings. The number of benzene rings is 1. The lowest BCUT2D eigenvalue weighted by molar-refractivity contribution is -0.383. The lowest BCUT2D eigenvalue weighted by Crippen LogP contribution is -2.14. The summed E-state index contributed by atoms with van der Waals surface area (Å²) in [6.07, 6.45) is 2.00. The van der Waals surface area contributed by atoms with Crippen molar-refractivity contribution in [3.8, 4) is 0 Å². The molecule has 0 aromatic heterocycles. The molecule has 1 rings (SSSR count). The molecule has 1 aromatic carbocycles. The second-order valence-corrected chi connectivity index (χ2v) is 4.70. The van der Waals surface area contributed by atoms with Gasteiger partial charge in [0.05, 0.1) is 4.92 Å². The van der Waals surface area contributed by atoms with Gasteiger partial charge >= 0.3 is 5.69 Å². The van der Waals surface area contributed by atoms with E-state index in [1.54, 1.807) is 23.9 Å². The van der Waals surface area contributed by atoms with Gasteiger partial charge in [0.2, 0.25) is 0 Å². The molecular weight excluding hydrogens is 226 g/mol. The number of hydrogen-bond donors (Lipinski definition) is 2. The summed E-state index contributed by atoms with van der Waals surface area (Å²) in [6.45, 7) is 2.72. The second kappa shape index (κ2) is 5.60. The summed E-state index contributed by atoms with van der Waals surface area (Å²) < 4.78 is 0. The van der Waals surface area contributed by atoms with Crippen molar-refractivity contribution >= 4 is 28.8 Å². The maximum absolute atomic E-state index is 10.8. The van der Waals surface area contributed by atoms with Gasteiger partial charge in [0.1, 0.15) is 11.4 Å². The van der Waals surface area contributed by atoms with Crippen LogP contribution in [0.25, 0.3) is 0 Å². The SMILES string of the molecule is CSC(C)CNc1cccc(N)c1[N+](=O)[O-]. The third-order valence-electron chi connectivity index (χ3n) is 2.23. The van der Waals surface area contributed by atoms with Crippen LogP contribution in [0.4, 0.5) is 17.1 Å². The fraction of sp³-hybridized carbons (Fsp3) is 0.400. The molecule has 0 fully saturated rings. The van der Waals surface area contributed by atoms with E-state index < -0.39 is 4.92 Å². The number of rotatable bonds is 5. The van der Waals surface area contributed by atoms with Gasteiger partial charge in [-0.3, -0.25) is 10.1 Å². The van der Waals surface area contributed by atoms with Crippen molar-refractivity contribution in [3.05, 3.63) is 28.3 Å². The number of hydrogen-bond acceptors (Lipinski definition) is 5. The Hall–Kier alpha value is -1.43. The predicted octanol–water partition coefficient (Wildman–Crippen LogP) is 2.34.